The summed E-state index contributed by atoms with van der Waals surface area (Å²) in [6.07, 6.45) is 2.70. The molecule has 0 heterocycles. The predicted octanol–water partition coefficient (Wildman–Crippen LogP) is 3.24. The monoisotopic (exact) mass is 239 g/mol. The standard InChI is InChI=1S/C13H18ClNO/c1-13(5-6-13)9-15-8-10-3-4-12(16-2)11(14)7-10/h3-4,7,15H,5-6,8-9H2,1-2H3. The molecule has 2 nitrogen and oxygen atoms in total. The normalized spacial score (nSPS) is 17.2. The lowest BCUT2D eigenvalue weighted by Gasteiger charge is -2.11. The third-order valence-electron chi connectivity index (χ3n) is 3.20. The molecule has 0 radical (unpaired) electrons. The summed E-state index contributed by atoms with van der Waals surface area (Å²) in [6.45, 7) is 4.29. The molecule has 16 heavy (non-hydrogen) atoms. The van der Waals surface area contributed by atoms with Crippen LogP contribution in [0.4, 0.5) is 0 Å². The summed E-state index contributed by atoms with van der Waals surface area (Å²) in [6, 6.07) is 5.92. The number of ether oxygens (including phenoxy) is 1. The molecule has 1 aromatic carbocycles. The van der Waals surface area contributed by atoms with Crippen LogP contribution in [-0.2, 0) is 6.54 Å². The Hall–Kier alpha value is -0.730. The highest BCUT2D eigenvalue weighted by Gasteiger charge is 2.36. The van der Waals surface area contributed by atoms with E-state index in [2.05, 4.69) is 12.2 Å². The van der Waals surface area contributed by atoms with Gasteiger partial charge in [0.2, 0.25) is 0 Å². The average molecular weight is 240 g/mol. The molecule has 0 unspecified atom stereocenters. The van der Waals surface area contributed by atoms with E-state index in [-0.39, 0.29) is 0 Å². The van der Waals surface area contributed by atoms with Crippen molar-refractivity contribution in [3.05, 3.63) is 28.8 Å². The van der Waals surface area contributed by atoms with Gasteiger partial charge in [0, 0.05) is 13.1 Å². The number of halogens is 1. The smallest absolute Gasteiger partial charge is 0.137 e. The van der Waals surface area contributed by atoms with Crippen LogP contribution in [0, 0.1) is 5.41 Å². The van der Waals surface area contributed by atoms with Crippen molar-refractivity contribution in [1.29, 1.82) is 0 Å². The van der Waals surface area contributed by atoms with Gasteiger partial charge in [0.15, 0.2) is 0 Å². The van der Waals surface area contributed by atoms with E-state index in [1.54, 1.807) is 7.11 Å². The molecule has 0 bridgehead atoms. The van der Waals surface area contributed by atoms with Crippen molar-refractivity contribution in [3.8, 4) is 5.75 Å². The number of methoxy groups -OCH3 is 1. The molecule has 1 fully saturated rings. The topological polar surface area (TPSA) is 21.3 Å². The van der Waals surface area contributed by atoms with Crippen molar-refractivity contribution in [2.24, 2.45) is 5.41 Å². The van der Waals surface area contributed by atoms with E-state index >= 15 is 0 Å². The lowest BCUT2D eigenvalue weighted by atomic mass is 10.1. The molecule has 1 aliphatic rings. The first kappa shape index (κ1) is 11.7. The lowest BCUT2D eigenvalue weighted by Crippen LogP contribution is -2.21. The zero-order valence-electron chi connectivity index (χ0n) is 9.85. The van der Waals surface area contributed by atoms with Crippen LogP contribution in [0.5, 0.6) is 5.75 Å². The van der Waals surface area contributed by atoms with E-state index in [9.17, 15) is 0 Å². The van der Waals surface area contributed by atoms with Crippen molar-refractivity contribution >= 4 is 11.6 Å². The van der Waals surface area contributed by atoms with Gasteiger partial charge in [-0.05, 0) is 36.0 Å². The van der Waals surface area contributed by atoms with Crippen LogP contribution in [0.25, 0.3) is 0 Å². The molecule has 1 aliphatic carbocycles. The lowest BCUT2D eigenvalue weighted by molar-refractivity contribution is 0.414. The maximum atomic E-state index is 6.06. The molecule has 0 atom stereocenters. The molecule has 88 valence electrons. The highest BCUT2D eigenvalue weighted by atomic mass is 35.5. The molecular formula is C13H18ClNO. The van der Waals surface area contributed by atoms with Crippen LogP contribution < -0.4 is 10.1 Å². The van der Waals surface area contributed by atoms with Crippen LogP contribution in [0.15, 0.2) is 18.2 Å². The fourth-order valence-electron chi connectivity index (χ4n) is 1.72. The Balaban J connectivity index is 1.87. The van der Waals surface area contributed by atoms with Crippen molar-refractivity contribution in [1.82, 2.24) is 5.32 Å². The Kier molecular flexibility index (Phi) is 3.41. The largest absolute Gasteiger partial charge is 0.495 e. The number of hydrogen-bond acceptors (Lipinski definition) is 2. The van der Waals surface area contributed by atoms with Crippen LogP contribution in [-0.4, -0.2) is 13.7 Å². The Morgan fingerprint density at radius 1 is 1.44 bits per heavy atom. The molecule has 3 heteroatoms. The van der Waals surface area contributed by atoms with Gasteiger partial charge in [0.25, 0.3) is 0 Å². The van der Waals surface area contributed by atoms with Crippen molar-refractivity contribution in [3.63, 3.8) is 0 Å². The van der Waals surface area contributed by atoms with Gasteiger partial charge in [-0.2, -0.15) is 0 Å². The van der Waals surface area contributed by atoms with Gasteiger partial charge in [0.1, 0.15) is 5.75 Å². The third-order valence-corrected chi connectivity index (χ3v) is 3.50. The van der Waals surface area contributed by atoms with Crippen LogP contribution >= 0.6 is 11.6 Å². The van der Waals surface area contributed by atoms with E-state index in [1.807, 2.05) is 18.2 Å². The molecule has 0 aliphatic heterocycles. The minimum Gasteiger partial charge on any atom is -0.495 e. The fourth-order valence-corrected chi connectivity index (χ4v) is 2.00. The quantitative estimate of drug-likeness (QED) is 0.852. The Morgan fingerprint density at radius 2 is 2.19 bits per heavy atom. The highest BCUT2D eigenvalue weighted by molar-refractivity contribution is 6.32. The maximum Gasteiger partial charge on any atom is 0.137 e. The SMILES string of the molecule is COc1ccc(CNCC2(C)CC2)cc1Cl. The van der Waals surface area contributed by atoms with E-state index < -0.39 is 0 Å². The maximum absolute atomic E-state index is 6.06. The molecule has 0 saturated heterocycles. The molecule has 1 aromatic rings. The fraction of sp³-hybridized carbons (Fsp3) is 0.538. The molecule has 0 aromatic heterocycles. The average Bonchev–Trinajstić information content (AvgIpc) is 2.97. The zero-order valence-corrected chi connectivity index (χ0v) is 10.6. The minimum atomic E-state index is 0.552. The molecule has 1 saturated carbocycles. The van der Waals surface area contributed by atoms with Gasteiger partial charge in [-0.3, -0.25) is 0 Å². The summed E-state index contributed by atoms with van der Waals surface area (Å²) in [4.78, 5) is 0. The molecule has 0 spiro atoms. The second kappa shape index (κ2) is 4.64. The first-order chi connectivity index (χ1) is 7.63. The Morgan fingerprint density at radius 3 is 2.75 bits per heavy atom. The summed E-state index contributed by atoms with van der Waals surface area (Å²) < 4.78 is 5.12. The van der Waals surface area contributed by atoms with Gasteiger partial charge in [-0.25, -0.2) is 0 Å². The number of nitrogens with one attached hydrogen (secondary N) is 1. The van der Waals surface area contributed by atoms with Crippen LogP contribution in [0.3, 0.4) is 0 Å². The van der Waals surface area contributed by atoms with Gasteiger partial charge in [-0.1, -0.05) is 24.6 Å². The summed E-state index contributed by atoms with van der Waals surface area (Å²) >= 11 is 6.06. The van der Waals surface area contributed by atoms with Crippen molar-refractivity contribution in [2.45, 2.75) is 26.3 Å². The molecule has 1 N–H and O–H groups in total. The first-order valence-electron chi connectivity index (χ1n) is 5.66. The van der Waals surface area contributed by atoms with Crippen molar-refractivity contribution < 1.29 is 4.74 Å². The van der Waals surface area contributed by atoms with E-state index in [4.69, 9.17) is 16.3 Å². The number of hydrogen-bond donors (Lipinski definition) is 1. The second-order valence-electron chi connectivity index (χ2n) is 4.88. The molecular weight excluding hydrogens is 222 g/mol. The first-order valence-corrected chi connectivity index (χ1v) is 6.04. The minimum absolute atomic E-state index is 0.552. The summed E-state index contributed by atoms with van der Waals surface area (Å²) in [5, 5.41) is 4.15. The summed E-state index contributed by atoms with van der Waals surface area (Å²) in [7, 11) is 1.63. The Labute approximate surface area is 102 Å². The zero-order chi connectivity index (χ0) is 11.6. The second-order valence-corrected chi connectivity index (χ2v) is 5.29. The van der Waals surface area contributed by atoms with Gasteiger partial charge in [0.05, 0.1) is 12.1 Å². The van der Waals surface area contributed by atoms with E-state index in [1.165, 1.54) is 18.4 Å². The number of benzene rings is 1. The highest BCUT2D eigenvalue weighted by Crippen LogP contribution is 2.44. The summed E-state index contributed by atoms with van der Waals surface area (Å²) in [5.74, 6) is 0.736. The Bertz CT molecular complexity index is 374. The predicted molar refractivity (Wildman–Crippen MR) is 67.1 cm³/mol. The van der Waals surface area contributed by atoms with Crippen LogP contribution in [0.2, 0.25) is 5.02 Å². The molecule has 0 amide bonds. The summed E-state index contributed by atoms with van der Waals surface area (Å²) in [5.41, 5.74) is 1.76. The number of rotatable bonds is 5. The van der Waals surface area contributed by atoms with Crippen LogP contribution in [0.1, 0.15) is 25.3 Å². The van der Waals surface area contributed by atoms with Gasteiger partial charge in [-0.15, -0.1) is 0 Å². The molecule has 2 rings (SSSR count). The third kappa shape index (κ3) is 2.89. The van der Waals surface area contributed by atoms with Gasteiger partial charge >= 0.3 is 0 Å². The van der Waals surface area contributed by atoms with E-state index in [0.717, 1.165) is 18.8 Å². The van der Waals surface area contributed by atoms with Crippen molar-refractivity contribution in [2.75, 3.05) is 13.7 Å². The van der Waals surface area contributed by atoms with E-state index in [0.29, 0.717) is 10.4 Å². The van der Waals surface area contributed by atoms with Gasteiger partial charge < -0.3 is 10.1 Å².